The number of aromatic nitrogens is 2. The summed E-state index contributed by atoms with van der Waals surface area (Å²) in [6, 6.07) is 7.76. The van der Waals surface area contributed by atoms with E-state index in [1.807, 2.05) is 30.5 Å². The lowest BCUT2D eigenvalue weighted by Gasteiger charge is -2.00. The van der Waals surface area contributed by atoms with Crippen molar-refractivity contribution in [3.05, 3.63) is 40.6 Å². The van der Waals surface area contributed by atoms with Gasteiger partial charge in [-0.3, -0.25) is 9.48 Å². The number of rotatable bonds is 2. The molecule has 0 saturated heterocycles. The second kappa shape index (κ2) is 3.98. The average molecular weight is 265 g/mol. The summed E-state index contributed by atoms with van der Waals surface area (Å²) >= 11 is 3.45. The zero-order chi connectivity index (χ0) is 10.8. The maximum atomic E-state index is 10.8. The highest BCUT2D eigenvalue weighted by Crippen LogP contribution is 2.29. The molecule has 0 unspecified atom stereocenters. The highest BCUT2D eigenvalue weighted by atomic mass is 79.9. The summed E-state index contributed by atoms with van der Waals surface area (Å²) in [4.78, 5) is 10.8. The van der Waals surface area contributed by atoms with Crippen LogP contribution in [-0.2, 0) is 7.05 Å². The molecular formula is C11H9BrN2O. The minimum atomic E-state index is 0.462. The van der Waals surface area contributed by atoms with E-state index in [0.29, 0.717) is 5.69 Å². The molecule has 0 saturated carbocycles. The molecule has 0 aliphatic carbocycles. The fraction of sp³-hybridized carbons (Fsp3) is 0.0909. The third-order valence-corrected chi connectivity index (χ3v) is 2.82. The first-order chi connectivity index (χ1) is 7.22. The van der Waals surface area contributed by atoms with E-state index in [9.17, 15) is 4.79 Å². The molecule has 0 bridgehead atoms. The van der Waals surface area contributed by atoms with Crippen molar-refractivity contribution in [1.29, 1.82) is 0 Å². The average Bonchev–Trinajstić information content (AvgIpc) is 2.60. The molecule has 15 heavy (non-hydrogen) atoms. The monoisotopic (exact) mass is 264 g/mol. The molecule has 0 amide bonds. The van der Waals surface area contributed by atoms with E-state index in [2.05, 4.69) is 21.0 Å². The predicted octanol–water partition coefficient (Wildman–Crippen LogP) is 2.66. The van der Waals surface area contributed by atoms with E-state index in [1.165, 1.54) is 0 Å². The molecule has 0 atom stereocenters. The van der Waals surface area contributed by atoms with Gasteiger partial charge in [0.2, 0.25) is 0 Å². The molecule has 1 aromatic carbocycles. The lowest BCUT2D eigenvalue weighted by atomic mass is 10.1. The first-order valence-corrected chi connectivity index (χ1v) is 5.25. The Bertz CT molecular complexity index is 505. The number of hydrogen-bond acceptors (Lipinski definition) is 2. The van der Waals surface area contributed by atoms with Gasteiger partial charge in [0.05, 0.1) is 0 Å². The Labute approximate surface area is 95.9 Å². The summed E-state index contributed by atoms with van der Waals surface area (Å²) in [6.07, 6.45) is 2.61. The van der Waals surface area contributed by atoms with Crippen LogP contribution in [0.3, 0.4) is 0 Å². The lowest BCUT2D eigenvalue weighted by Crippen LogP contribution is -1.89. The molecule has 2 aromatic rings. The number of nitrogens with zero attached hydrogens (tertiary/aromatic N) is 2. The molecule has 3 nitrogen and oxygen atoms in total. The maximum Gasteiger partial charge on any atom is 0.170 e. The molecule has 2 rings (SSSR count). The molecule has 0 spiro atoms. The first kappa shape index (κ1) is 10.1. The molecule has 0 aliphatic rings. The Morgan fingerprint density at radius 1 is 1.33 bits per heavy atom. The van der Waals surface area contributed by atoms with E-state index in [0.717, 1.165) is 21.9 Å². The van der Waals surface area contributed by atoms with Crippen LogP contribution in [0.2, 0.25) is 0 Å². The van der Waals surface area contributed by atoms with Crippen molar-refractivity contribution in [2.75, 3.05) is 0 Å². The lowest BCUT2D eigenvalue weighted by molar-refractivity contribution is 0.111. The largest absolute Gasteiger partial charge is 0.296 e. The molecule has 0 fully saturated rings. The number of benzene rings is 1. The summed E-state index contributed by atoms with van der Waals surface area (Å²) in [6.45, 7) is 0. The van der Waals surface area contributed by atoms with Gasteiger partial charge < -0.3 is 0 Å². The Morgan fingerprint density at radius 2 is 2.07 bits per heavy atom. The van der Waals surface area contributed by atoms with Gasteiger partial charge in [0.25, 0.3) is 0 Å². The van der Waals surface area contributed by atoms with Crippen LogP contribution < -0.4 is 0 Å². The van der Waals surface area contributed by atoms with Crippen LogP contribution in [0, 0.1) is 0 Å². The van der Waals surface area contributed by atoms with Gasteiger partial charge in [-0.05, 0) is 11.6 Å². The number of hydrogen-bond donors (Lipinski definition) is 0. The van der Waals surface area contributed by atoms with E-state index in [4.69, 9.17) is 0 Å². The zero-order valence-corrected chi connectivity index (χ0v) is 9.73. The van der Waals surface area contributed by atoms with Crippen LogP contribution in [0.4, 0.5) is 0 Å². The molecule has 0 N–H and O–H groups in total. The fourth-order valence-electron chi connectivity index (χ4n) is 1.48. The minimum absolute atomic E-state index is 0.462. The van der Waals surface area contributed by atoms with E-state index in [1.54, 1.807) is 11.7 Å². The van der Waals surface area contributed by atoms with E-state index in [-0.39, 0.29) is 0 Å². The second-order valence-corrected chi connectivity index (χ2v) is 4.05. The van der Waals surface area contributed by atoms with Gasteiger partial charge in [-0.1, -0.05) is 34.1 Å². The topological polar surface area (TPSA) is 34.9 Å². The molecule has 0 aliphatic heterocycles. The maximum absolute atomic E-state index is 10.8. The van der Waals surface area contributed by atoms with Crippen LogP contribution in [0.1, 0.15) is 10.5 Å². The van der Waals surface area contributed by atoms with Crippen LogP contribution >= 0.6 is 15.9 Å². The fourth-order valence-corrected chi connectivity index (χ4v) is 1.98. The van der Waals surface area contributed by atoms with Gasteiger partial charge in [0.15, 0.2) is 6.29 Å². The van der Waals surface area contributed by atoms with Gasteiger partial charge in [0.1, 0.15) is 5.69 Å². The SMILES string of the molecule is Cn1cc(-c2ccccc2Br)c(C=O)n1. The molecule has 0 radical (unpaired) electrons. The van der Waals surface area contributed by atoms with Gasteiger partial charge in [-0.2, -0.15) is 5.10 Å². The van der Waals surface area contributed by atoms with Crippen molar-refractivity contribution in [2.45, 2.75) is 0 Å². The van der Waals surface area contributed by atoms with Gasteiger partial charge in [-0.15, -0.1) is 0 Å². The van der Waals surface area contributed by atoms with Crippen molar-refractivity contribution in [2.24, 2.45) is 7.05 Å². The number of halogens is 1. The predicted molar refractivity (Wildman–Crippen MR) is 61.7 cm³/mol. The van der Waals surface area contributed by atoms with Crippen LogP contribution in [0.25, 0.3) is 11.1 Å². The first-order valence-electron chi connectivity index (χ1n) is 4.46. The normalized spacial score (nSPS) is 10.3. The molecule has 1 heterocycles. The van der Waals surface area contributed by atoms with E-state index < -0.39 is 0 Å². The van der Waals surface area contributed by atoms with Crippen LogP contribution in [-0.4, -0.2) is 16.1 Å². The highest BCUT2D eigenvalue weighted by Gasteiger charge is 2.10. The van der Waals surface area contributed by atoms with E-state index >= 15 is 0 Å². The van der Waals surface area contributed by atoms with Crippen molar-refractivity contribution in [3.8, 4) is 11.1 Å². The summed E-state index contributed by atoms with van der Waals surface area (Å²) in [5, 5.41) is 4.07. The Kier molecular flexibility index (Phi) is 2.68. The Hall–Kier alpha value is -1.42. The Morgan fingerprint density at radius 3 is 2.73 bits per heavy atom. The van der Waals surface area contributed by atoms with Crippen LogP contribution in [0.15, 0.2) is 34.9 Å². The van der Waals surface area contributed by atoms with Crippen molar-refractivity contribution < 1.29 is 4.79 Å². The van der Waals surface area contributed by atoms with Gasteiger partial charge in [0, 0.05) is 23.3 Å². The minimum Gasteiger partial charge on any atom is -0.296 e. The molecular weight excluding hydrogens is 256 g/mol. The van der Waals surface area contributed by atoms with Crippen molar-refractivity contribution >= 4 is 22.2 Å². The highest BCUT2D eigenvalue weighted by molar-refractivity contribution is 9.10. The Balaban J connectivity index is 2.63. The smallest absolute Gasteiger partial charge is 0.170 e. The number of carbonyl (C=O) groups excluding carboxylic acids is 1. The summed E-state index contributed by atoms with van der Waals surface area (Å²) < 4.78 is 2.60. The van der Waals surface area contributed by atoms with Gasteiger partial charge >= 0.3 is 0 Å². The molecule has 4 heteroatoms. The number of aldehydes is 1. The standard InChI is InChI=1S/C11H9BrN2O/c1-14-6-9(11(7-15)13-14)8-4-2-3-5-10(8)12/h2-7H,1H3. The number of aryl methyl sites for hydroxylation is 1. The van der Waals surface area contributed by atoms with Crippen molar-refractivity contribution in [1.82, 2.24) is 9.78 Å². The quantitative estimate of drug-likeness (QED) is 0.782. The summed E-state index contributed by atoms with van der Waals surface area (Å²) in [5.74, 6) is 0. The third kappa shape index (κ3) is 1.85. The second-order valence-electron chi connectivity index (χ2n) is 3.20. The number of carbonyl (C=O) groups is 1. The van der Waals surface area contributed by atoms with Crippen LogP contribution in [0.5, 0.6) is 0 Å². The van der Waals surface area contributed by atoms with Crippen molar-refractivity contribution in [3.63, 3.8) is 0 Å². The summed E-state index contributed by atoms with van der Waals surface area (Å²) in [7, 11) is 1.80. The molecule has 76 valence electrons. The van der Waals surface area contributed by atoms with Gasteiger partial charge in [-0.25, -0.2) is 0 Å². The zero-order valence-electron chi connectivity index (χ0n) is 8.14. The molecule has 1 aromatic heterocycles. The third-order valence-electron chi connectivity index (χ3n) is 2.13. The summed E-state index contributed by atoms with van der Waals surface area (Å²) in [5.41, 5.74) is 2.29.